The first kappa shape index (κ1) is 11.3. The highest BCUT2D eigenvalue weighted by molar-refractivity contribution is 4.95. The zero-order chi connectivity index (χ0) is 10.7. The van der Waals surface area contributed by atoms with Gasteiger partial charge in [-0.1, -0.05) is 0 Å². The van der Waals surface area contributed by atoms with Gasteiger partial charge in [0.1, 0.15) is 0 Å². The second kappa shape index (κ2) is 4.78. The van der Waals surface area contributed by atoms with Crippen molar-refractivity contribution in [2.75, 3.05) is 40.0 Å². The molecule has 0 radical (unpaired) electrons. The summed E-state index contributed by atoms with van der Waals surface area (Å²) in [6, 6.07) is 0.523. The Morgan fingerprint density at radius 3 is 2.80 bits per heavy atom. The second-order valence-corrected chi connectivity index (χ2v) is 4.71. The molecule has 2 fully saturated rings. The molecule has 0 aromatic heterocycles. The van der Waals surface area contributed by atoms with Crippen LogP contribution >= 0.6 is 0 Å². The molecule has 0 spiro atoms. The largest absolute Gasteiger partial charge is 0.380 e. The van der Waals surface area contributed by atoms with Crippen LogP contribution < -0.4 is 5.73 Å². The van der Waals surface area contributed by atoms with E-state index >= 15 is 0 Å². The van der Waals surface area contributed by atoms with Gasteiger partial charge in [-0.25, -0.2) is 0 Å². The van der Waals surface area contributed by atoms with Crippen LogP contribution in [-0.4, -0.2) is 56.5 Å². The van der Waals surface area contributed by atoms with Crippen LogP contribution in [0.3, 0.4) is 0 Å². The number of hydrogen-bond donors (Lipinski definition) is 1. The third kappa shape index (κ3) is 2.18. The fourth-order valence-electron chi connectivity index (χ4n) is 2.64. The molecule has 2 aliphatic heterocycles. The maximum absolute atomic E-state index is 5.94. The van der Waals surface area contributed by atoms with Gasteiger partial charge in [0.05, 0.1) is 18.8 Å². The number of likely N-dealkylation sites (N-methyl/N-ethyl adjacent to an activating group) is 1. The minimum atomic E-state index is 0.0522. The van der Waals surface area contributed by atoms with Crippen LogP contribution in [0.1, 0.15) is 19.3 Å². The van der Waals surface area contributed by atoms with Crippen LogP contribution in [0.15, 0.2) is 0 Å². The van der Waals surface area contributed by atoms with E-state index in [4.69, 9.17) is 15.2 Å². The van der Waals surface area contributed by atoms with Gasteiger partial charge in [-0.3, -0.25) is 4.90 Å². The molecule has 0 amide bonds. The lowest BCUT2D eigenvalue weighted by Crippen LogP contribution is -2.60. The fourth-order valence-corrected chi connectivity index (χ4v) is 2.64. The SMILES string of the molecule is CN(C1CCOC1)C1(CN)CCCOC1. The average Bonchev–Trinajstić information content (AvgIpc) is 2.82. The van der Waals surface area contributed by atoms with Crippen molar-refractivity contribution in [3.8, 4) is 0 Å². The summed E-state index contributed by atoms with van der Waals surface area (Å²) in [5.41, 5.74) is 6.00. The monoisotopic (exact) mass is 214 g/mol. The quantitative estimate of drug-likeness (QED) is 0.730. The normalized spacial score (nSPS) is 37.4. The summed E-state index contributed by atoms with van der Waals surface area (Å²) < 4.78 is 11.0. The van der Waals surface area contributed by atoms with E-state index in [1.807, 2.05) is 0 Å². The molecule has 88 valence electrons. The van der Waals surface area contributed by atoms with Crippen molar-refractivity contribution in [1.82, 2.24) is 4.90 Å². The van der Waals surface area contributed by atoms with Crippen LogP contribution in [0.5, 0.6) is 0 Å². The van der Waals surface area contributed by atoms with E-state index in [9.17, 15) is 0 Å². The molecule has 0 aliphatic carbocycles. The lowest BCUT2D eigenvalue weighted by Gasteiger charge is -2.46. The van der Waals surface area contributed by atoms with Crippen molar-refractivity contribution in [3.63, 3.8) is 0 Å². The molecule has 2 N–H and O–H groups in total. The number of rotatable bonds is 3. The average molecular weight is 214 g/mol. The van der Waals surface area contributed by atoms with Crippen LogP contribution in [0, 0.1) is 0 Å². The van der Waals surface area contributed by atoms with E-state index in [1.54, 1.807) is 0 Å². The summed E-state index contributed by atoms with van der Waals surface area (Å²) in [5.74, 6) is 0. The van der Waals surface area contributed by atoms with Gasteiger partial charge < -0.3 is 15.2 Å². The lowest BCUT2D eigenvalue weighted by atomic mass is 9.89. The van der Waals surface area contributed by atoms with Crippen LogP contribution in [0.25, 0.3) is 0 Å². The minimum Gasteiger partial charge on any atom is -0.380 e. The van der Waals surface area contributed by atoms with Gasteiger partial charge in [-0.05, 0) is 26.3 Å². The third-order valence-electron chi connectivity index (χ3n) is 3.88. The van der Waals surface area contributed by atoms with Gasteiger partial charge in [-0.15, -0.1) is 0 Å². The Morgan fingerprint density at radius 2 is 2.27 bits per heavy atom. The molecule has 2 atom stereocenters. The van der Waals surface area contributed by atoms with Crippen molar-refractivity contribution in [2.24, 2.45) is 5.73 Å². The van der Waals surface area contributed by atoms with Gasteiger partial charge >= 0.3 is 0 Å². The number of nitrogens with two attached hydrogens (primary N) is 1. The topological polar surface area (TPSA) is 47.7 Å². The van der Waals surface area contributed by atoms with Crippen LogP contribution in [-0.2, 0) is 9.47 Å². The van der Waals surface area contributed by atoms with Crippen molar-refractivity contribution in [2.45, 2.75) is 30.8 Å². The number of nitrogens with zero attached hydrogens (tertiary/aromatic N) is 1. The molecule has 4 nitrogen and oxygen atoms in total. The van der Waals surface area contributed by atoms with E-state index in [1.165, 1.54) is 0 Å². The van der Waals surface area contributed by atoms with Crippen molar-refractivity contribution < 1.29 is 9.47 Å². The molecule has 0 bridgehead atoms. The second-order valence-electron chi connectivity index (χ2n) is 4.71. The smallest absolute Gasteiger partial charge is 0.0662 e. The molecule has 2 rings (SSSR count). The molecule has 15 heavy (non-hydrogen) atoms. The summed E-state index contributed by atoms with van der Waals surface area (Å²) in [5, 5.41) is 0. The van der Waals surface area contributed by atoms with Gasteiger partial charge in [0.25, 0.3) is 0 Å². The molecular weight excluding hydrogens is 192 g/mol. The predicted octanol–water partition coefficient (Wildman–Crippen LogP) is 0.215. The predicted molar refractivity (Wildman–Crippen MR) is 58.8 cm³/mol. The first-order valence-electron chi connectivity index (χ1n) is 5.87. The summed E-state index contributed by atoms with van der Waals surface area (Å²) in [7, 11) is 2.17. The first-order chi connectivity index (χ1) is 7.28. The van der Waals surface area contributed by atoms with Crippen molar-refractivity contribution in [3.05, 3.63) is 0 Å². The van der Waals surface area contributed by atoms with Gasteiger partial charge in [0.2, 0.25) is 0 Å². The molecule has 0 aromatic carbocycles. The van der Waals surface area contributed by atoms with Crippen molar-refractivity contribution >= 4 is 0 Å². The van der Waals surface area contributed by atoms with Crippen LogP contribution in [0.2, 0.25) is 0 Å². The Bertz CT molecular complexity index is 199. The highest BCUT2D eigenvalue weighted by Gasteiger charge is 2.39. The fraction of sp³-hybridized carbons (Fsp3) is 1.00. The standard InChI is InChI=1S/C11H22N2O2/c1-13(10-3-6-14-7-10)11(8-12)4-2-5-15-9-11/h10H,2-9,12H2,1H3. The van der Waals surface area contributed by atoms with E-state index in [0.717, 1.165) is 45.7 Å². The zero-order valence-electron chi connectivity index (χ0n) is 9.58. The maximum Gasteiger partial charge on any atom is 0.0662 e. The van der Waals surface area contributed by atoms with E-state index in [2.05, 4.69) is 11.9 Å². The molecule has 2 aliphatic rings. The minimum absolute atomic E-state index is 0.0522. The van der Waals surface area contributed by atoms with Crippen molar-refractivity contribution in [1.29, 1.82) is 0 Å². The van der Waals surface area contributed by atoms with Crippen LogP contribution in [0.4, 0.5) is 0 Å². The summed E-state index contributed by atoms with van der Waals surface area (Å²) >= 11 is 0. The first-order valence-corrected chi connectivity index (χ1v) is 5.87. The third-order valence-corrected chi connectivity index (χ3v) is 3.88. The van der Waals surface area contributed by atoms with E-state index in [-0.39, 0.29) is 5.54 Å². The molecule has 4 heteroatoms. The highest BCUT2D eigenvalue weighted by Crippen LogP contribution is 2.28. The molecule has 2 saturated heterocycles. The van der Waals surface area contributed by atoms with Gasteiger partial charge in [0.15, 0.2) is 0 Å². The number of ether oxygens (including phenoxy) is 2. The zero-order valence-corrected chi connectivity index (χ0v) is 9.58. The Morgan fingerprint density at radius 1 is 1.40 bits per heavy atom. The summed E-state index contributed by atoms with van der Waals surface area (Å²) in [6.07, 6.45) is 3.39. The molecule has 0 saturated carbocycles. The van der Waals surface area contributed by atoms with Gasteiger partial charge in [0, 0.05) is 25.8 Å². The van der Waals surface area contributed by atoms with E-state index in [0.29, 0.717) is 12.6 Å². The lowest BCUT2D eigenvalue weighted by molar-refractivity contribution is -0.0515. The summed E-state index contributed by atoms with van der Waals surface area (Å²) in [4.78, 5) is 2.40. The molecule has 2 heterocycles. The molecule has 2 unspecified atom stereocenters. The molecular formula is C11H22N2O2. The Hall–Kier alpha value is -0.160. The Kier molecular flexibility index (Phi) is 3.61. The Balaban J connectivity index is 2.02. The highest BCUT2D eigenvalue weighted by atomic mass is 16.5. The number of hydrogen-bond acceptors (Lipinski definition) is 4. The summed E-state index contributed by atoms with van der Waals surface area (Å²) in [6.45, 7) is 4.07. The Labute approximate surface area is 91.7 Å². The van der Waals surface area contributed by atoms with E-state index < -0.39 is 0 Å². The molecule has 0 aromatic rings. The van der Waals surface area contributed by atoms with Gasteiger partial charge in [-0.2, -0.15) is 0 Å². The maximum atomic E-state index is 5.94.